The molecule has 142 valence electrons. The van der Waals surface area contributed by atoms with Crippen molar-refractivity contribution in [1.29, 1.82) is 0 Å². The summed E-state index contributed by atoms with van der Waals surface area (Å²) in [5.74, 6) is 0.959. The van der Waals surface area contributed by atoms with Crippen LogP contribution in [0.15, 0.2) is 48.5 Å². The van der Waals surface area contributed by atoms with Crippen LogP contribution in [0.3, 0.4) is 0 Å². The molecule has 2 nitrogen and oxygen atoms in total. The Bertz CT molecular complexity index is 623. The van der Waals surface area contributed by atoms with Crippen LogP contribution >= 0.6 is 0 Å². The topological polar surface area (TPSA) is 21.3 Å². The van der Waals surface area contributed by atoms with E-state index in [4.69, 9.17) is 4.74 Å². The van der Waals surface area contributed by atoms with E-state index in [2.05, 4.69) is 81.5 Å². The molecule has 0 amide bonds. The highest BCUT2D eigenvalue weighted by atomic mass is 16.5. The van der Waals surface area contributed by atoms with Crippen LogP contribution in [0, 0.1) is 0 Å². The minimum Gasteiger partial charge on any atom is -0.494 e. The highest BCUT2D eigenvalue weighted by Gasteiger charge is 2.12. The number of benzene rings is 2. The molecule has 0 radical (unpaired) electrons. The van der Waals surface area contributed by atoms with Crippen LogP contribution in [0.2, 0.25) is 0 Å². The average molecular weight is 354 g/mol. The zero-order valence-corrected chi connectivity index (χ0v) is 17.0. The molecule has 0 unspecified atom stereocenters. The van der Waals surface area contributed by atoms with Gasteiger partial charge in [0.1, 0.15) is 5.75 Å². The monoisotopic (exact) mass is 353 g/mol. The van der Waals surface area contributed by atoms with Gasteiger partial charge < -0.3 is 10.1 Å². The molecule has 2 heteroatoms. The van der Waals surface area contributed by atoms with E-state index in [1.807, 2.05) is 0 Å². The molecule has 0 saturated heterocycles. The quantitative estimate of drug-likeness (QED) is 0.467. The number of rotatable bonds is 10. The van der Waals surface area contributed by atoms with Crippen molar-refractivity contribution in [1.82, 2.24) is 0 Å². The van der Waals surface area contributed by atoms with Gasteiger partial charge in [0, 0.05) is 12.2 Å². The summed E-state index contributed by atoms with van der Waals surface area (Å²) in [4.78, 5) is 0. The molecular formula is C24H35NO. The summed E-state index contributed by atoms with van der Waals surface area (Å²) in [6, 6.07) is 17.2. The van der Waals surface area contributed by atoms with Crippen molar-refractivity contribution in [3.63, 3.8) is 0 Å². The zero-order valence-electron chi connectivity index (χ0n) is 17.0. The molecule has 0 atom stereocenters. The van der Waals surface area contributed by atoms with Gasteiger partial charge in [-0.15, -0.1) is 0 Å². The standard InChI is InChI=1S/C24H35NO/c1-5-6-7-8-9-18-26-23-16-14-22(15-17-23)25-19-20-10-12-21(13-11-20)24(2,3)4/h10-17,25H,5-9,18-19H2,1-4H3. The molecular weight excluding hydrogens is 318 g/mol. The molecule has 0 heterocycles. The van der Waals surface area contributed by atoms with Crippen molar-refractivity contribution in [3.05, 3.63) is 59.7 Å². The Morgan fingerprint density at radius 3 is 2.08 bits per heavy atom. The van der Waals surface area contributed by atoms with Crippen molar-refractivity contribution in [2.24, 2.45) is 0 Å². The molecule has 0 bridgehead atoms. The van der Waals surface area contributed by atoms with Gasteiger partial charge in [-0.25, -0.2) is 0 Å². The lowest BCUT2D eigenvalue weighted by molar-refractivity contribution is 0.304. The van der Waals surface area contributed by atoms with Gasteiger partial charge in [-0.05, 0) is 47.2 Å². The number of unbranched alkanes of at least 4 members (excludes halogenated alkanes) is 4. The molecule has 0 aliphatic rings. The lowest BCUT2D eigenvalue weighted by Crippen LogP contribution is -2.11. The van der Waals surface area contributed by atoms with Gasteiger partial charge in [0.05, 0.1) is 6.61 Å². The van der Waals surface area contributed by atoms with Crippen molar-refractivity contribution in [3.8, 4) is 5.75 Å². The zero-order chi connectivity index (χ0) is 18.8. The fraction of sp³-hybridized carbons (Fsp3) is 0.500. The van der Waals surface area contributed by atoms with Gasteiger partial charge in [-0.2, -0.15) is 0 Å². The van der Waals surface area contributed by atoms with E-state index in [9.17, 15) is 0 Å². The van der Waals surface area contributed by atoms with E-state index < -0.39 is 0 Å². The van der Waals surface area contributed by atoms with E-state index in [0.717, 1.165) is 31.0 Å². The number of hydrogen-bond donors (Lipinski definition) is 1. The van der Waals surface area contributed by atoms with Gasteiger partial charge in [-0.3, -0.25) is 0 Å². The second-order valence-corrected chi connectivity index (χ2v) is 8.09. The minimum atomic E-state index is 0.206. The van der Waals surface area contributed by atoms with Crippen LogP contribution in [0.4, 0.5) is 5.69 Å². The third-order valence-corrected chi connectivity index (χ3v) is 4.69. The fourth-order valence-electron chi connectivity index (χ4n) is 2.89. The highest BCUT2D eigenvalue weighted by Crippen LogP contribution is 2.22. The second kappa shape index (κ2) is 10.3. The number of anilines is 1. The first-order valence-electron chi connectivity index (χ1n) is 10.0. The predicted octanol–water partition coefficient (Wildman–Crippen LogP) is 6.95. The van der Waals surface area contributed by atoms with Crippen LogP contribution in [-0.4, -0.2) is 6.61 Å². The molecule has 1 N–H and O–H groups in total. The summed E-state index contributed by atoms with van der Waals surface area (Å²) in [6.07, 6.45) is 6.35. The smallest absolute Gasteiger partial charge is 0.119 e. The Morgan fingerprint density at radius 2 is 1.46 bits per heavy atom. The summed E-state index contributed by atoms with van der Waals surface area (Å²) in [6.45, 7) is 10.6. The van der Waals surface area contributed by atoms with Gasteiger partial charge in [0.15, 0.2) is 0 Å². The predicted molar refractivity (Wildman–Crippen MR) is 113 cm³/mol. The van der Waals surface area contributed by atoms with Crippen LogP contribution < -0.4 is 10.1 Å². The first-order chi connectivity index (χ1) is 12.5. The molecule has 26 heavy (non-hydrogen) atoms. The molecule has 2 aromatic rings. The van der Waals surface area contributed by atoms with E-state index in [1.54, 1.807) is 0 Å². The number of hydrogen-bond acceptors (Lipinski definition) is 2. The molecule has 0 spiro atoms. The first kappa shape index (κ1) is 20.4. The lowest BCUT2D eigenvalue weighted by Gasteiger charge is -2.19. The Hall–Kier alpha value is -1.96. The SMILES string of the molecule is CCCCCCCOc1ccc(NCc2ccc(C(C)(C)C)cc2)cc1. The molecule has 0 aliphatic heterocycles. The Morgan fingerprint density at radius 1 is 0.808 bits per heavy atom. The van der Waals surface area contributed by atoms with Gasteiger partial charge in [0.25, 0.3) is 0 Å². The molecule has 0 aliphatic carbocycles. The van der Waals surface area contributed by atoms with Crippen LogP contribution in [-0.2, 0) is 12.0 Å². The Balaban J connectivity index is 1.73. The number of nitrogens with one attached hydrogen (secondary N) is 1. The van der Waals surface area contributed by atoms with Crippen molar-refractivity contribution < 1.29 is 4.74 Å². The van der Waals surface area contributed by atoms with Gasteiger partial charge in [-0.1, -0.05) is 77.6 Å². The normalized spacial score (nSPS) is 11.4. The van der Waals surface area contributed by atoms with E-state index in [1.165, 1.54) is 36.8 Å². The second-order valence-electron chi connectivity index (χ2n) is 8.09. The molecule has 2 rings (SSSR count). The summed E-state index contributed by atoms with van der Waals surface area (Å²) >= 11 is 0. The maximum Gasteiger partial charge on any atom is 0.119 e. The lowest BCUT2D eigenvalue weighted by atomic mass is 9.87. The summed E-state index contributed by atoms with van der Waals surface area (Å²) < 4.78 is 5.82. The summed E-state index contributed by atoms with van der Waals surface area (Å²) in [5.41, 5.74) is 4.00. The van der Waals surface area contributed by atoms with Crippen molar-refractivity contribution in [2.45, 2.75) is 71.8 Å². The highest BCUT2D eigenvalue weighted by molar-refractivity contribution is 5.47. The van der Waals surface area contributed by atoms with Crippen LogP contribution in [0.1, 0.15) is 70.9 Å². The van der Waals surface area contributed by atoms with Gasteiger partial charge >= 0.3 is 0 Å². The molecule has 0 fully saturated rings. The molecule has 2 aromatic carbocycles. The van der Waals surface area contributed by atoms with E-state index in [-0.39, 0.29) is 5.41 Å². The third kappa shape index (κ3) is 7.11. The first-order valence-corrected chi connectivity index (χ1v) is 10.0. The van der Waals surface area contributed by atoms with Crippen LogP contribution in [0.5, 0.6) is 5.75 Å². The van der Waals surface area contributed by atoms with E-state index in [0.29, 0.717) is 0 Å². The van der Waals surface area contributed by atoms with Crippen molar-refractivity contribution in [2.75, 3.05) is 11.9 Å². The Labute approximate surface area is 160 Å². The third-order valence-electron chi connectivity index (χ3n) is 4.69. The molecule has 0 aromatic heterocycles. The Kier molecular flexibility index (Phi) is 8.03. The largest absolute Gasteiger partial charge is 0.494 e. The summed E-state index contributed by atoms with van der Waals surface area (Å²) in [5, 5.41) is 3.48. The van der Waals surface area contributed by atoms with Crippen LogP contribution in [0.25, 0.3) is 0 Å². The number of ether oxygens (including phenoxy) is 1. The van der Waals surface area contributed by atoms with Crippen molar-refractivity contribution >= 4 is 5.69 Å². The molecule has 0 saturated carbocycles. The maximum atomic E-state index is 5.82. The summed E-state index contributed by atoms with van der Waals surface area (Å²) in [7, 11) is 0. The van der Waals surface area contributed by atoms with E-state index >= 15 is 0 Å². The average Bonchev–Trinajstić information content (AvgIpc) is 2.63. The fourth-order valence-corrected chi connectivity index (χ4v) is 2.89. The maximum absolute atomic E-state index is 5.82. The van der Waals surface area contributed by atoms with Gasteiger partial charge in [0.2, 0.25) is 0 Å². The minimum absolute atomic E-state index is 0.206.